The summed E-state index contributed by atoms with van der Waals surface area (Å²) in [6, 6.07) is 19.5. The van der Waals surface area contributed by atoms with Crippen molar-refractivity contribution in [1.82, 2.24) is 21.3 Å². The quantitative estimate of drug-likeness (QED) is 0.0837. The predicted octanol–water partition coefficient (Wildman–Crippen LogP) is 2.27. The number of nitrogens with two attached hydrogens (primary N) is 1. The van der Waals surface area contributed by atoms with E-state index in [9.17, 15) is 33.9 Å². The van der Waals surface area contributed by atoms with Crippen molar-refractivity contribution in [3.05, 3.63) is 95.1 Å². The average Bonchev–Trinajstić information content (AvgIpc) is 3.21. The smallest absolute Gasteiger partial charge is 0.246 e. The van der Waals surface area contributed by atoms with Gasteiger partial charge in [-0.3, -0.25) is 33.8 Å². The largest absolute Gasteiger partial charge is 0.392 e. The number of anilines is 2. The lowest BCUT2D eigenvalue weighted by Gasteiger charge is -2.30. The van der Waals surface area contributed by atoms with E-state index in [2.05, 4.69) is 31.7 Å². The van der Waals surface area contributed by atoms with Gasteiger partial charge in [-0.2, -0.15) is 5.10 Å². The third-order valence-electron chi connectivity index (χ3n) is 9.53. The van der Waals surface area contributed by atoms with Gasteiger partial charge in [-0.15, -0.1) is 0 Å². The molecule has 0 saturated carbocycles. The average molecular weight is 796 g/mol. The third kappa shape index (κ3) is 12.0. The molecule has 0 aromatic heterocycles. The van der Waals surface area contributed by atoms with E-state index in [1.807, 2.05) is 50.2 Å². The Morgan fingerprint density at radius 3 is 2.05 bits per heavy atom. The highest BCUT2D eigenvalue weighted by Gasteiger charge is 2.30. The van der Waals surface area contributed by atoms with Gasteiger partial charge in [0.2, 0.25) is 35.4 Å². The predicted molar refractivity (Wildman–Crippen MR) is 222 cm³/mol. The number of aliphatic hydroxyl groups is 1. The maximum atomic E-state index is 13.8. The van der Waals surface area contributed by atoms with Crippen molar-refractivity contribution in [3.8, 4) is 0 Å². The van der Waals surface area contributed by atoms with E-state index in [4.69, 9.17) is 10.8 Å². The van der Waals surface area contributed by atoms with Crippen LogP contribution in [-0.4, -0.2) is 83.2 Å². The van der Waals surface area contributed by atoms with Crippen LogP contribution < -0.4 is 37.3 Å². The maximum Gasteiger partial charge on any atom is 0.246 e. The zero-order valence-corrected chi connectivity index (χ0v) is 33.5. The van der Waals surface area contributed by atoms with Gasteiger partial charge in [-0.05, 0) is 55.5 Å². The van der Waals surface area contributed by atoms with Crippen LogP contribution in [0.4, 0.5) is 11.4 Å². The van der Waals surface area contributed by atoms with Crippen molar-refractivity contribution >= 4 is 58.2 Å². The molecule has 0 bridgehead atoms. The first-order valence-electron chi connectivity index (χ1n) is 19.2. The summed E-state index contributed by atoms with van der Waals surface area (Å²) in [5.41, 5.74) is 5.08. The molecule has 6 amide bonds. The van der Waals surface area contributed by atoms with Crippen molar-refractivity contribution in [2.45, 2.75) is 85.2 Å². The number of nitrogens with one attached hydrogen (secondary N) is 5. The number of amides is 6. The van der Waals surface area contributed by atoms with E-state index in [-0.39, 0.29) is 43.9 Å². The molecule has 1 aliphatic rings. The maximum absolute atomic E-state index is 13.8. The van der Waals surface area contributed by atoms with Crippen LogP contribution in [0.25, 0.3) is 0 Å². The lowest BCUT2D eigenvalue weighted by atomic mass is 9.91. The first kappa shape index (κ1) is 44.3. The van der Waals surface area contributed by atoms with Crippen LogP contribution in [0.3, 0.4) is 0 Å². The summed E-state index contributed by atoms with van der Waals surface area (Å²) < 4.78 is 0. The van der Waals surface area contributed by atoms with E-state index in [0.29, 0.717) is 33.9 Å². The molecular formula is C42H53N9O7. The van der Waals surface area contributed by atoms with E-state index in [1.54, 1.807) is 55.1 Å². The Bertz CT molecular complexity index is 2030. The molecule has 1 unspecified atom stereocenters. The molecule has 16 heteroatoms. The molecule has 3 atom stereocenters. The summed E-state index contributed by atoms with van der Waals surface area (Å²) in [4.78, 5) is 84.1. The molecule has 0 spiro atoms. The van der Waals surface area contributed by atoms with Crippen molar-refractivity contribution in [3.63, 3.8) is 0 Å². The fourth-order valence-electron chi connectivity index (χ4n) is 6.04. The van der Waals surface area contributed by atoms with E-state index in [1.165, 1.54) is 6.92 Å². The fourth-order valence-corrected chi connectivity index (χ4v) is 6.04. The SMILES string of the molecule is CCC(C)N=C1C(=NN)c2ccccc2N(C(=O)CCC(=O)NCC(=O)NCC(=O)N[C@H](C(=O)N[C@@H](C)C(=O)Nc2ccc(CO)cc2)C(C)C)Cc2ccccc21. The van der Waals surface area contributed by atoms with Crippen LogP contribution in [0, 0.1) is 5.92 Å². The standard InChI is InChI=1S/C42H53N9O7/c1-6-26(4)46-39-31-12-8-7-11-29(31)23-51(33-14-10-9-13-32(33)40(39)50-43)37(56)20-19-34(53)44-21-35(54)45-22-36(55)49-38(25(2)3)42(58)47-27(5)41(57)48-30-17-15-28(24-52)16-18-30/h7-18,25-27,38,52H,6,19-24,43H2,1-5H3,(H,44,53)(H,45,54)(H,47,58)(H,48,57)(H,49,55)/t26?,27-,38-/m0/s1. The number of benzene rings is 3. The number of nitrogens with zero attached hydrogens (tertiary/aromatic N) is 3. The number of aliphatic imine (C=N–C) groups is 1. The minimum atomic E-state index is -1.01. The van der Waals surface area contributed by atoms with E-state index >= 15 is 0 Å². The molecule has 0 aliphatic carbocycles. The van der Waals surface area contributed by atoms with Crippen LogP contribution in [0.2, 0.25) is 0 Å². The Labute approximate surface area is 338 Å². The third-order valence-corrected chi connectivity index (χ3v) is 9.53. The molecule has 16 nitrogen and oxygen atoms in total. The summed E-state index contributed by atoms with van der Waals surface area (Å²) in [6.07, 6.45) is 0.442. The Hall–Kier alpha value is -6.42. The normalized spacial score (nSPS) is 15.2. The van der Waals surface area contributed by atoms with Gasteiger partial charge < -0.3 is 42.4 Å². The lowest BCUT2D eigenvalue weighted by Crippen LogP contribution is -2.55. The van der Waals surface area contributed by atoms with Gasteiger partial charge in [0.15, 0.2) is 0 Å². The van der Waals surface area contributed by atoms with E-state index in [0.717, 1.165) is 17.5 Å². The molecular weight excluding hydrogens is 743 g/mol. The number of carbonyl (C=O) groups excluding carboxylic acids is 6. The summed E-state index contributed by atoms with van der Waals surface area (Å²) in [5, 5.41) is 26.1. The number of aliphatic hydroxyl groups excluding tert-OH is 1. The van der Waals surface area contributed by atoms with Gasteiger partial charge in [0.25, 0.3) is 0 Å². The molecule has 1 aliphatic heterocycles. The Morgan fingerprint density at radius 2 is 1.40 bits per heavy atom. The number of hydrogen-bond donors (Lipinski definition) is 7. The van der Waals surface area contributed by atoms with Gasteiger partial charge in [0.1, 0.15) is 17.8 Å². The molecule has 0 radical (unpaired) electrons. The Kier molecular flexibility index (Phi) is 16.2. The van der Waals surface area contributed by atoms with Gasteiger partial charge in [-0.25, -0.2) is 0 Å². The summed E-state index contributed by atoms with van der Waals surface area (Å²) in [6.45, 7) is 8.15. The van der Waals surface area contributed by atoms with Crippen LogP contribution in [0.5, 0.6) is 0 Å². The number of rotatable bonds is 16. The van der Waals surface area contributed by atoms with Crippen molar-refractivity contribution in [2.24, 2.45) is 21.9 Å². The number of hydrazone groups is 1. The van der Waals surface area contributed by atoms with Gasteiger partial charge in [-0.1, -0.05) is 75.4 Å². The molecule has 3 aromatic carbocycles. The van der Waals surface area contributed by atoms with Crippen molar-refractivity contribution < 1.29 is 33.9 Å². The lowest BCUT2D eigenvalue weighted by molar-refractivity contribution is -0.132. The van der Waals surface area contributed by atoms with Crippen LogP contribution in [0.1, 0.15) is 76.1 Å². The highest BCUT2D eigenvalue weighted by Crippen LogP contribution is 2.30. The van der Waals surface area contributed by atoms with Crippen molar-refractivity contribution in [1.29, 1.82) is 0 Å². The van der Waals surface area contributed by atoms with E-state index < -0.39 is 54.7 Å². The molecule has 0 fully saturated rings. The zero-order chi connectivity index (χ0) is 42.4. The second-order valence-electron chi connectivity index (χ2n) is 14.3. The molecule has 3 aromatic rings. The number of hydrogen-bond acceptors (Lipinski definition) is 10. The molecule has 308 valence electrons. The highest BCUT2D eigenvalue weighted by atomic mass is 16.3. The summed E-state index contributed by atoms with van der Waals surface area (Å²) in [5.74, 6) is 2.36. The molecule has 1 heterocycles. The zero-order valence-electron chi connectivity index (χ0n) is 33.5. The van der Waals surface area contributed by atoms with Crippen LogP contribution in [0.15, 0.2) is 82.9 Å². The number of fused-ring (bicyclic) bond motifs is 2. The molecule has 8 N–H and O–H groups in total. The molecule has 0 saturated heterocycles. The topological polar surface area (TPSA) is 237 Å². The van der Waals surface area contributed by atoms with Gasteiger partial charge >= 0.3 is 0 Å². The second-order valence-corrected chi connectivity index (χ2v) is 14.3. The Morgan fingerprint density at radius 1 is 0.759 bits per heavy atom. The Balaban J connectivity index is 1.28. The first-order chi connectivity index (χ1) is 27.8. The molecule has 58 heavy (non-hydrogen) atoms. The number of carbonyl (C=O) groups is 6. The van der Waals surface area contributed by atoms with Crippen LogP contribution in [-0.2, 0) is 41.9 Å². The van der Waals surface area contributed by atoms with Gasteiger partial charge in [0.05, 0.1) is 37.6 Å². The summed E-state index contributed by atoms with van der Waals surface area (Å²) >= 11 is 0. The first-order valence-corrected chi connectivity index (χ1v) is 19.2. The van der Waals surface area contributed by atoms with Gasteiger partial charge in [0, 0.05) is 35.7 Å². The monoisotopic (exact) mass is 795 g/mol. The summed E-state index contributed by atoms with van der Waals surface area (Å²) in [7, 11) is 0. The van der Waals surface area contributed by atoms with Crippen molar-refractivity contribution in [2.75, 3.05) is 23.3 Å². The second kappa shape index (κ2) is 21.2. The van der Waals surface area contributed by atoms with Crippen LogP contribution >= 0.6 is 0 Å². The fraction of sp³-hybridized carbons (Fsp3) is 0.381. The molecule has 4 rings (SSSR count). The minimum Gasteiger partial charge on any atom is -0.392 e. The minimum absolute atomic E-state index is 0.00110. The highest BCUT2D eigenvalue weighted by molar-refractivity contribution is 6.55. The number of para-hydroxylation sites is 1.